The van der Waals surface area contributed by atoms with E-state index in [9.17, 15) is 4.79 Å². The van der Waals surface area contributed by atoms with Crippen molar-refractivity contribution in [3.63, 3.8) is 0 Å². The number of carbonyl (C=O) groups excluding carboxylic acids is 1. The number of nitrogens with zero attached hydrogens (tertiary/aromatic N) is 2. The second kappa shape index (κ2) is 5.45. The van der Waals surface area contributed by atoms with E-state index in [1.165, 1.54) is 0 Å². The summed E-state index contributed by atoms with van der Waals surface area (Å²) in [6, 6.07) is 8.93. The van der Waals surface area contributed by atoms with Crippen molar-refractivity contribution in [1.82, 2.24) is 4.90 Å². The van der Waals surface area contributed by atoms with Crippen molar-refractivity contribution < 1.29 is 14.7 Å². The van der Waals surface area contributed by atoms with Crippen molar-refractivity contribution in [2.45, 2.75) is 0 Å². The number of ether oxygens (including phenoxy) is 1. The standard InChI is InChI=1S/C12H14N2O3/c15-12(14-6-8-17-9-7-14)11(13-16)10-4-2-1-3-5-10/h1-5,16H,6-9H2/b13-11-. The third-order valence-electron chi connectivity index (χ3n) is 2.65. The second-order valence-electron chi connectivity index (χ2n) is 3.72. The molecule has 1 amide bonds. The highest BCUT2D eigenvalue weighted by Crippen LogP contribution is 2.06. The number of oxime groups is 1. The zero-order valence-corrected chi connectivity index (χ0v) is 9.37. The van der Waals surface area contributed by atoms with Gasteiger partial charge in [-0.25, -0.2) is 0 Å². The number of hydrogen-bond donors (Lipinski definition) is 1. The predicted octanol–water partition coefficient (Wildman–Crippen LogP) is 0.724. The zero-order valence-electron chi connectivity index (χ0n) is 9.37. The van der Waals surface area contributed by atoms with E-state index in [0.29, 0.717) is 31.9 Å². The molecular formula is C12H14N2O3. The Labute approximate surface area is 99.3 Å². The lowest BCUT2D eigenvalue weighted by molar-refractivity contribution is -0.128. The van der Waals surface area contributed by atoms with Crippen molar-refractivity contribution in [2.75, 3.05) is 26.3 Å². The first-order chi connectivity index (χ1) is 8.33. The van der Waals surface area contributed by atoms with Gasteiger partial charge in [0.05, 0.1) is 13.2 Å². The molecule has 0 saturated carbocycles. The van der Waals surface area contributed by atoms with Crippen LogP contribution in [-0.4, -0.2) is 48.0 Å². The van der Waals surface area contributed by atoms with Crippen molar-refractivity contribution in [1.29, 1.82) is 0 Å². The third-order valence-corrected chi connectivity index (χ3v) is 2.65. The summed E-state index contributed by atoms with van der Waals surface area (Å²) in [6.45, 7) is 2.12. The van der Waals surface area contributed by atoms with Crippen LogP contribution in [0.5, 0.6) is 0 Å². The molecule has 1 saturated heterocycles. The first-order valence-electron chi connectivity index (χ1n) is 5.47. The van der Waals surface area contributed by atoms with Gasteiger partial charge in [0.25, 0.3) is 5.91 Å². The molecule has 17 heavy (non-hydrogen) atoms. The van der Waals surface area contributed by atoms with Gasteiger partial charge in [-0.05, 0) is 0 Å². The topological polar surface area (TPSA) is 62.1 Å². The lowest BCUT2D eigenvalue weighted by atomic mass is 10.1. The van der Waals surface area contributed by atoms with Crippen LogP contribution < -0.4 is 0 Å². The van der Waals surface area contributed by atoms with E-state index in [0.717, 1.165) is 0 Å². The molecule has 5 heteroatoms. The molecule has 1 fully saturated rings. The van der Waals surface area contributed by atoms with Crippen molar-refractivity contribution >= 4 is 11.6 Å². The summed E-state index contributed by atoms with van der Waals surface area (Å²) in [5, 5.41) is 12.1. The molecule has 0 unspecified atom stereocenters. The lowest BCUT2D eigenvalue weighted by Crippen LogP contribution is -2.44. The number of morpholine rings is 1. The second-order valence-corrected chi connectivity index (χ2v) is 3.72. The summed E-state index contributed by atoms with van der Waals surface area (Å²) in [6.07, 6.45) is 0. The van der Waals surface area contributed by atoms with E-state index >= 15 is 0 Å². The molecule has 1 aliphatic rings. The van der Waals surface area contributed by atoms with Crippen LogP contribution in [0.15, 0.2) is 35.5 Å². The molecular weight excluding hydrogens is 220 g/mol. The summed E-state index contributed by atoms with van der Waals surface area (Å²) in [5.41, 5.74) is 0.694. The SMILES string of the molecule is O=C(/C(=N\O)c1ccccc1)N1CCOCC1. The molecule has 1 aliphatic heterocycles. The van der Waals surface area contributed by atoms with Crippen LogP contribution in [0.3, 0.4) is 0 Å². The fourth-order valence-electron chi connectivity index (χ4n) is 1.74. The summed E-state index contributed by atoms with van der Waals surface area (Å²) in [4.78, 5) is 13.7. The normalized spacial score (nSPS) is 16.9. The van der Waals surface area contributed by atoms with Gasteiger partial charge in [0.2, 0.25) is 0 Å². The summed E-state index contributed by atoms with van der Waals surface area (Å²) in [7, 11) is 0. The highest BCUT2D eigenvalue weighted by Gasteiger charge is 2.23. The first kappa shape index (κ1) is 11.6. The maximum Gasteiger partial charge on any atom is 0.276 e. The Kier molecular flexibility index (Phi) is 3.72. The Bertz CT molecular complexity index is 411. The zero-order chi connectivity index (χ0) is 12.1. The van der Waals surface area contributed by atoms with Crippen LogP contribution in [0.1, 0.15) is 5.56 Å². The Balaban J connectivity index is 2.16. The van der Waals surface area contributed by atoms with Crippen LogP contribution in [0.25, 0.3) is 0 Å². The van der Waals surface area contributed by atoms with Crippen molar-refractivity contribution in [2.24, 2.45) is 5.16 Å². The van der Waals surface area contributed by atoms with Gasteiger partial charge < -0.3 is 14.8 Å². The Hall–Kier alpha value is -1.88. The van der Waals surface area contributed by atoms with Gasteiger partial charge in [-0.1, -0.05) is 35.5 Å². The molecule has 5 nitrogen and oxygen atoms in total. The van der Waals surface area contributed by atoms with Gasteiger partial charge >= 0.3 is 0 Å². The number of amides is 1. The number of carbonyl (C=O) groups is 1. The van der Waals surface area contributed by atoms with E-state index in [1.807, 2.05) is 6.07 Å². The molecule has 1 aromatic carbocycles. The number of hydrogen-bond acceptors (Lipinski definition) is 4. The fourth-order valence-corrected chi connectivity index (χ4v) is 1.74. The monoisotopic (exact) mass is 234 g/mol. The average molecular weight is 234 g/mol. The maximum atomic E-state index is 12.1. The van der Waals surface area contributed by atoms with E-state index in [1.54, 1.807) is 29.2 Å². The van der Waals surface area contributed by atoms with Gasteiger partial charge in [0.1, 0.15) is 0 Å². The van der Waals surface area contributed by atoms with Gasteiger partial charge in [-0.3, -0.25) is 4.79 Å². The van der Waals surface area contributed by atoms with E-state index in [4.69, 9.17) is 9.94 Å². The molecule has 0 atom stereocenters. The molecule has 2 rings (SSSR count). The molecule has 1 N–H and O–H groups in total. The van der Waals surface area contributed by atoms with E-state index < -0.39 is 0 Å². The van der Waals surface area contributed by atoms with E-state index in [-0.39, 0.29) is 11.6 Å². The van der Waals surface area contributed by atoms with Crippen LogP contribution in [0.2, 0.25) is 0 Å². The minimum atomic E-state index is -0.262. The third kappa shape index (κ3) is 2.62. The molecule has 1 aromatic rings. The van der Waals surface area contributed by atoms with Gasteiger partial charge in [-0.15, -0.1) is 0 Å². The molecule has 0 aliphatic carbocycles. The number of benzene rings is 1. The van der Waals surface area contributed by atoms with Crippen LogP contribution in [0, 0.1) is 0 Å². The Morgan fingerprint density at radius 2 is 1.88 bits per heavy atom. The Morgan fingerprint density at radius 1 is 1.24 bits per heavy atom. The maximum absolute atomic E-state index is 12.1. The average Bonchev–Trinajstić information content (AvgIpc) is 2.42. The van der Waals surface area contributed by atoms with Gasteiger partial charge in [-0.2, -0.15) is 0 Å². The fraction of sp³-hybridized carbons (Fsp3) is 0.333. The first-order valence-corrected chi connectivity index (χ1v) is 5.47. The quantitative estimate of drug-likeness (QED) is 0.466. The van der Waals surface area contributed by atoms with Crippen LogP contribution in [0.4, 0.5) is 0 Å². The highest BCUT2D eigenvalue weighted by atomic mass is 16.5. The predicted molar refractivity (Wildman–Crippen MR) is 62.2 cm³/mol. The Morgan fingerprint density at radius 3 is 2.47 bits per heavy atom. The largest absolute Gasteiger partial charge is 0.410 e. The van der Waals surface area contributed by atoms with Crippen LogP contribution in [-0.2, 0) is 9.53 Å². The molecule has 0 aromatic heterocycles. The minimum Gasteiger partial charge on any atom is -0.410 e. The van der Waals surface area contributed by atoms with Crippen LogP contribution >= 0.6 is 0 Å². The summed E-state index contributed by atoms with van der Waals surface area (Å²) in [5.74, 6) is -0.262. The molecule has 1 heterocycles. The summed E-state index contributed by atoms with van der Waals surface area (Å²) >= 11 is 0. The molecule has 0 spiro atoms. The smallest absolute Gasteiger partial charge is 0.276 e. The summed E-state index contributed by atoms with van der Waals surface area (Å²) < 4.78 is 5.17. The van der Waals surface area contributed by atoms with Gasteiger partial charge in [0, 0.05) is 18.7 Å². The van der Waals surface area contributed by atoms with Crippen molar-refractivity contribution in [3.05, 3.63) is 35.9 Å². The molecule has 90 valence electrons. The minimum absolute atomic E-state index is 0.0764. The number of rotatable bonds is 2. The van der Waals surface area contributed by atoms with Gasteiger partial charge in [0.15, 0.2) is 5.71 Å². The molecule has 0 radical (unpaired) electrons. The van der Waals surface area contributed by atoms with Crippen molar-refractivity contribution in [3.8, 4) is 0 Å². The lowest BCUT2D eigenvalue weighted by Gasteiger charge is -2.26. The highest BCUT2D eigenvalue weighted by molar-refractivity contribution is 6.45. The van der Waals surface area contributed by atoms with E-state index in [2.05, 4.69) is 5.16 Å². The molecule has 0 bridgehead atoms.